The molecule has 1 aliphatic carbocycles. The molecule has 9 heteroatoms. The van der Waals surface area contributed by atoms with Gasteiger partial charge in [0.25, 0.3) is 0 Å². The van der Waals surface area contributed by atoms with Crippen molar-refractivity contribution in [3.63, 3.8) is 0 Å². The molecule has 3 aliphatic rings. The van der Waals surface area contributed by atoms with Crippen LogP contribution >= 0.6 is 24.0 Å². The van der Waals surface area contributed by atoms with Gasteiger partial charge in [-0.2, -0.15) is 0 Å². The lowest BCUT2D eigenvalue weighted by atomic mass is 9.87. The quantitative estimate of drug-likeness (QED) is 0.333. The summed E-state index contributed by atoms with van der Waals surface area (Å²) in [7, 11) is -3.40. The Morgan fingerprint density at radius 3 is 2.66 bits per heavy atom. The molecular weight excluding hydrogens is 503 g/mol. The second-order valence-electron chi connectivity index (χ2n) is 8.18. The zero-order valence-electron chi connectivity index (χ0n) is 16.9. The molecular formula is C20H31IN4O3S. The molecule has 0 bridgehead atoms. The van der Waals surface area contributed by atoms with Crippen molar-refractivity contribution in [1.29, 1.82) is 0 Å². The summed E-state index contributed by atoms with van der Waals surface area (Å²) in [6, 6.07) is 7.16. The van der Waals surface area contributed by atoms with Crippen LogP contribution in [0.4, 0.5) is 0 Å². The lowest BCUT2D eigenvalue weighted by Gasteiger charge is -2.25. The standard InChI is InChI=1S/C20H30N4O3S.HI/c1-2-21-19(24-11-9-20(14-24)10-12-27-15-20)22-13-16-3-7-18(8-4-16)28(25,26)23-17-5-6-17;/h3-4,7-8,17,23H,2,5-6,9-15H2,1H3,(H,21,22);1H. The van der Waals surface area contributed by atoms with E-state index in [4.69, 9.17) is 9.73 Å². The van der Waals surface area contributed by atoms with Crippen LogP contribution in [0.15, 0.2) is 34.2 Å². The zero-order valence-corrected chi connectivity index (χ0v) is 20.0. The van der Waals surface area contributed by atoms with Crippen LogP contribution in [0.5, 0.6) is 0 Å². The van der Waals surface area contributed by atoms with Gasteiger partial charge < -0.3 is 15.0 Å². The van der Waals surface area contributed by atoms with Crippen LogP contribution in [0, 0.1) is 5.41 Å². The second kappa shape index (κ2) is 9.49. The van der Waals surface area contributed by atoms with Gasteiger partial charge in [0.15, 0.2) is 5.96 Å². The zero-order chi connectivity index (χ0) is 19.6. The number of rotatable bonds is 6. The Morgan fingerprint density at radius 2 is 2.03 bits per heavy atom. The molecule has 0 radical (unpaired) electrons. The molecule has 2 N–H and O–H groups in total. The van der Waals surface area contributed by atoms with Crippen LogP contribution in [0.3, 0.4) is 0 Å². The van der Waals surface area contributed by atoms with E-state index >= 15 is 0 Å². The van der Waals surface area contributed by atoms with Crippen LogP contribution in [0.1, 0.15) is 38.2 Å². The largest absolute Gasteiger partial charge is 0.381 e. The van der Waals surface area contributed by atoms with Crippen molar-refractivity contribution in [2.45, 2.75) is 50.1 Å². The fraction of sp³-hybridized carbons (Fsp3) is 0.650. The van der Waals surface area contributed by atoms with Gasteiger partial charge in [-0.05, 0) is 50.3 Å². The Labute approximate surface area is 190 Å². The molecule has 2 saturated heterocycles. The Kier molecular flexibility index (Phi) is 7.45. The van der Waals surface area contributed by atoms with Gasteiger partial charge in [0.2, 0.25) is 10.0 Å². The van der Waals surface area contributed by atoms with Gasteiger partial charge in [0.05, 0.1) is 18.0 Å². The van der Waals surface area contributed by atoms with E-state index in [0.29, 0.717) is 16.9 Å². The van der Waals surface area contributed by atoms with Crippen molar-refractivity contribution in [2.24, 2.45) is 10.4 Å². The summed E-state index contributed by atoms with van der Waals surface area (Å²) in [5.74, 6) is 0.929. The summed E-state index contributed by atoms with van der Waals surface area (Å²) in [6.07, 6.45) is 4.15. The first kappa shape index (κ1) is 22.8. The Bertz CT molecular complexity index is 819. The summed E-state index contributed by atoms with van der Waals surface area (Å²) >= 11 is 0. The highest BCUT2D eigenvalue weighted by Crippen LogP contribution is 2.38. The van der Waals surface area contributed by atoms with Gasteiger partial charge >= 0.3 is 0 Å². The topological polar surface area (TPSA) is 83.0 Å². The smallest absolute Gasteiger partial charge is 0.240 e. The first-order chi connectivity index (χ1) is 13.5. The second-order valence-corrected chi connectivity index (χ2v) is 9.90. The molecule has 29 heavy (non-hydrogen) atoms. The van der Waals surface area contributed by atoms with Crippen molar-refractivity contribution >= 4 is 40.0 Å². The molecule has 1 aromatic carbocycles. The minimum atomic E-state index is -3.40. The molecule has 0 aromatic heterocycles. The number of hydrogen-bond acceptors (Lipinski definition) is 4. The van der Waals surface area contributed by atoms with Crippen molar-refractivity contribution in [2.75, 3.05) is 32.8 Å². The van der Waals surface area contributed by atoms with Gasteiger partial charge in [-0.3, -0.25) is 0 Å². The number of guanidine groups is 1. The van der Waals surface area contributed by atoms with Crippen LogP contribution in [0.2, 0.25) is 0 Å². The van der Waals surface area contributed by atoms with Crippen LogP contribution < -0.4 is 10.0 Å². The molecule has 1 aromatic rings. The predicted octanol–water partition coefficient (Wildman–Crippen LogP) is 2.32. The van der Waals surface area contributed by atoms with E-state index in [1.165, 1.54) is 0 Å². The Balaban J connectivity index is 0.00000240. The number of ether oxygens (including phenoxy) is 1. The summed E-state index contributed by atoms with van der Waals surface area (Å²) in [5, 5.41) is 3.39. The Morgan fingerprint density at radius 1 is 1.28 bits per heavy atom. The summed E-state index contributed by atoms with van der Waals surface area (Å²) in [4.78, 5) is 7.45. The number of hydrogen-bond donors (Lipinski definition) is 2. The fourth-order valence-corrected chi connectivity index (χ4v) is 5.25. The molecule has 162 valence electrons. The molecule has 1 saturated carbocycles. The molecule has 1 spiro atoms. The van der Waals surface area contributed by atoms with E-state index in [9.17, 15) is 8.42 Å². The van der Waals surface area contributed by atoms with Crippen molar-refractivity contribution in [3.8, 4) is 0 Å². The molecule has 2 heterocycles. The van der Waals surface area contributed by atoms with E-state index in [0.717, 1.165) is 70.1 Å². The predicted molar refractivity (Wildman–Crippen MR) is 124 cm³/mol. The molecule has 4 rings (SSSR count). The first-order valence-corrected chi connectivity index (χ1v) is 11.7. The molecule has 0 amide bonds. The highest BCUT2D eigenvalue weighted by molar-refractivity contribution is 14.0. The maximum atomic E-state index is 12.3. The number of nitrogens with zero attached hydrogens (tertiary/aromatic N) is 2. The third-order valence-electron chi connectivity index (χ3n) is 5.80. The summed E-state index contributed by atoms with van der Waals surface area (Å²) in [5.41, 5.74) is 1.29. The number of nitrogens with one attached hydrogen (secondary N) is 2. The van der Waals surface area contributed by atoms with Gasteiger partial charge in [0.1, 0.15) is 0 Å². The van der Waals surface area contributed by atoms with Crippen LogP contribution in [0.25, 0.3) is 0 Å². The van der Waals surface area contributed by atoms with Gasteiger partial charge in [0, 0.05) is 37.7 Å². The first-order valence-electron chi connectivity index (χ1n) is 10.2. The highest BCUT2D eigenvalue weighted by Gasteiger charge is 2.42. The van der Waals surface area contributed by atoms with Crippen LogP contribution in [-0.4, -0.2) is 58.2 Å². The average molecular weight is 534 g/mol. The minimum absolute atomic E-state index is 0. The third kappa shape index (κ3) is 5.62. The lowest BCUT2D eigenvalue weighted by Crippen LogP contribution is -2.41. The van der Waals surface area contributed by atoms with Crippen molar-refractivity contribution < 1.29 is 13.2 Å². The number of likely N-dealkylation sites (tertiary alicyclic amines) is 1. The molecule has 1 unspecified atom stereocenters. The van der Waals surface area contributed by atoms with E-state index in [1.807, 2.05) is 12.1 Å². The van der Waals surface area contributed by atoms with Gasteiger partial charge in [-0.15, -0.1) is 24.0 Å². The number of aliphatic imine (C=N–C) groups is 1. The van der Waals surface area contributed by atoms with E-state index < -0.39 is 10.0 Å². The maximum Gasteiger partial charge on any atom is 0.240 e. The number of halogens is 1. The summed E-state index contributed by atoms with van der Waals surface area (Å²) < 4.78 is 32.9. The highest BCUT2D eigenvalue weighted by atomic mass is 127. The van der Waals surface area contributed by atoms with E-state index in [1.54, 1.807) is 12.1 Å². The molecule has 1 atom stereocenters. The molecule has 3 fully saturated rings. The molecule has 7 nitrogen and oxygen atoms in total. The van der Waals surface area contributed by atoms with E-state index in [-0.39, 0.29) is 30.0 Å². The van der Waals surface area contributed by atoms with E-state index in [2.05, 4.69) is 21.9 Å². The minimum Gasteiger partial charge on any atom is -0.381 e. The normalized spacial score (nSPS) is 24.7. The fourth-order valence-electron chi connectivity index (χ4n) is 3.94. The maximum absolute atomic E-state index is 12.3. The van der Waals surface area contributed by atoms with Crippen LogP contribution in [-0.2, 0) is 21.3 Å². The number of benzene rings is 1. The third-order valence-corrected chi connectivity index (χ3v) is 7.34. The van der Waals surface area contributed by atoms with Gasteiger partial charge in [-0.1, -0.05) is 12.1 Å². The average Bonchev–Trinajstić information content (AvgIpc) is 3.21. The monoisotopic (exact) mass is 534 g/mol. The molecule has 2 aliphatic heterocycles. The lowest BCUT2D eigenvalue weighted by molar-refractivity contribution is 0.156. The van der Waals surface area contributed by atoms with Crippen molar-refractivity contribution in [1.82, 2.24) is 14.9 Å². The van der Waals surface area contributed by atoms with Gasteiger partial charge in [-0.25, -0.2) is 18.1 Å². The summed E-state index contributed by atoms with van der Waals surface area (Å²) in [6.45, 7) is 7.14. The number of sulfonamides is 1. The SMILES string of the molecule is CCNC(=NCc1ccc(S(=O)(=O)NC2CC2)cc1)N1CCC2(CCOC2)C1.I. The van der Waals surface area contributed by atoms with Crippen molar-refractivity contribution in [3.05, 3.63) is 29.8 Å². The Hall–Kier alpha value is -0.910.